The molecule has 0 fully saturated rings. The van der Waals surface area contributed by atoms with E-state index in [0.29, 0.717) is 5.71 Å². The molecule has 2 heteroatoms. The molecule has 0 amide bonds. The lowest BCUT2D eigenvalue weighted by Crippen LogP contribution is -2.06. The molecular weight excluding hydrogens is 330 g/mol. The van der Waals surface area contributed by atoms with Gasteiger partial charge in [0.1, 0.15) is 5.75 Å². The van der Waals surface area contributed by atoms with Gasteiger partial charge in [0, 0.05) is 11.1 Å². The minimum Gasteiger partial charge on any atom is -0.497 e. The molecule has 0 aliphatic rings. The first-order valence-electron chi connectivity index (χ1n) is 9.04. The van der Waals surface area contributed by atoms with Crippen molar-refractivity contribution in [1.29, 1.82) is 5.41 Å². The lowest BCUT2D eigenvalue weighted by Gasteiger charge is -2.13. The van der Waals surface area contributed by atoms with Crippen molar-refractivity contribution in [3.8, 4) is 5.75 Å². The summed E-state index contributed by atoms with van der Waals surface area (Å²) >= 11 is 0. The number of ether oxygens (including phenoxy) is 1. The molecule has 2 nitrogen and oxygen atoms in total. The van der Waals surface area contributed by atoms with E-state index in [1.54, 1.807) is 7.11 Å². The smallest absolute Gasteiger partial charge is 0.118 e. The van der Waals surface area contributed by atoms with Crippen molar-refractivity contribution in [2.45, 2.75) is 6.42 Å². The van der Waals surface area contributed by atoms with Gasteiger partial charge in [-0.2, -0.15) is 0 Å². The molecule has 27 heavy (non-hydrogen) atoms. The first kappa shape index (κ1) is 17.0. The molecule has 0 heterocycles. The Morgan fingerprint density at radius 3 is 2.22 bits per heavy atom. The van der Waals surface area contributed by atoms with Gasteiger partial charge in [0.05, 0.1) is 12.8 Å². The van der Waals surface area contributed by atoms with Crippen LogP contribution in [0.5, 0.6) is 5.75 Å². The topological polar surface area (TPSA) is 33.1 Å². The third-order valence-electron chi connectivity index (χ3n) is 4.93. The molecule has 0 aliphatic carbocycles. The minimum atomic E-state index is 0.536. The summed E-state index contributed by atoms with van der Waals surface area (Å²) < 4.78 is 5.23. The van der Waals surface area contributed by atoms with E-state index < -0.39 is 0 Å². The van der Waals surface area contributed by atoms with Gasteiger partial charge in [-0.05, 0) is 52.6 Å². The van der Waals surface area contributed by atoms with Crippen molar-refractivity contribution >= 4 is 16.5 Å². The number of hydrogen-bond acceptors (Lipinski definition) is 2. The number of nitrogens with one attached hydrogen (secondary N) is 1. The molecule has 0 atom stereocenters. The molecule has 4 aromatic rings. The molecule has 4 rings (SSSR count). The summed E-state index contributed by atoms with van der Waals surface area (Å²) in [6.07, 6.45) is 0.802. The predicted octanol–water partition coefficient (Wildman–Crippen LogP) is 5.86. The van der Waals surface area contributed by atoms with Crippen LogP contribution in [0.2, 0.25) is 0 Å². The standard InChI is InChI=1S/C25H21NO/c1-27-22-15-13-19(14-16-22)25(26)24-12-5-3-8-21(24)17-20-10-6-9-18-7-2-4-11-23(18)20/h2-16,26H,17H2,1H3. The van der Waals surface area contributed by atoms with Crippen LogP contribution in [0.25, 0.3) is 10.8 Å². The van der Waals surface area contributed by atoms with Crippen LogP contribution in [-0.4, -0.2) is 12.8 Å². The van der Waals surface area contributed by atoms with E-state index in [1.165, 1.54) is 16.3 Å². The molecule has 0 unspecified atom stereocenters. The van der Waals surface area contributed by atoms with E-state index in [-0.39, 0.29) is 0 Å². The molecule has 0 spiro atoms. The predicted molar refractivity (Wildman–Crippen MR) is 112 cm³/mol. The summed E-state index contributed by atoms with van der Waals surface area (Å²) in [7, 11) is 1.65. The number of fused-ring (bicyclic) bond motifs is 1. The molecule has 0 saturated carbocycles. The Morgan fingerprint density at radius 2 is 1.41 bits per heavy atom. The monoisotopic (exact) mass is 351 g/mol. The van der Waals surface area contributed by atoms with Gasteiger partial charge in [-0.3, -0.25) is 5.41 Å². The SMILES string of the molecule is COc1ccc(C(=N)c2ccccc2Cc2cccc3ccccc23)cc1. The molecule has 0 saturated heterocycles. The molecule has 1 N–H and O–H groups in total. The Hall–Kier alpha value is -3.39. The van der Waals surface area contributed by atoms with Crippen molar-refractivity contribution in [3.05, 3.63) is 113 Å². The zero-order valence-electron chi connectivity index (χ0n) is 15.3. The Labute approximate surface area is 159 Å². The van der Waals surface area contributed by atoms with E-state index in [4.69, 9.17) is 10.1 Å². The molecule has 132 valence electrons. The summed E-state index contributed by atoms with van der Waals surface area (Å²) in [5.74, 6) is 0.801. The summed E-state index contributed by atoms with van der Waals surface area (Å²) in [4.78, 5) is 0. The Morgan fingerprint density at radius 1 is 0.741 bits per heavy atom. The maximum atomic E-state index is 8.73. The highest BCUT2D eigenvalue weighted by atomic mass is 16.5. The molecular formula is C25H21NO. The first-order chi connectivity index (χ1) is 13.3. The average molecular weight is 351 g/mol. The largest absolute Gasteiger partial charge is 0.497 e. The van der Waals surface area contributed by atoms with Crippen LogP contribution < -0.4 is 4.74 Å². The molecule has 4 aromatic carbocycles. The van der Waals surface area contributed by atoms with Crippen LogP contribution in [0.4, 0.5) is 0 Å². The van der Waals surface area contributed by atoms with Gasteiger partial charge in [-0.15, -0.1) is 0 Å². The van der Waals surface area contributed by atoms with Gasteiger partial charge in [0.25, 0.3) is 0 Å². The van der Waals surface area contributed by atoms with Crippen molar-refractivity contribution < 1.29 is 4.74 Å². The number of rotatable bonds is 5. The highest BCUT2D eigenvalue weighted by molar-refractivity contribution is 6.11. The maximum absolute atomic E-state index is 8.73. The van der Waals surface area contributed by atoms with Crippen LogP contribution >= 0.6 is 0 Å². The zero-order valence-corrected chi connectivity index (χ0v) is 15.3. The summed E-state index contributed by atoms with van der Waals surface area (Å²) in [5.41, 5.74) is 4.84. The van der Waals surface area contributed by atoms with Gasteiger partial charge in [0.2, 0.25) is 0 Å². The van der Waals surface area contributed by atoms with E-state index in [9.17, 15) is 0 Å². The quantitative estimate of drug-likeness (QED) is 0.449. The van der Waals surface area contributed by atoms with Crippen LogP contribution in [0.15, 0.2) is 91.0 Å². The van der Waals surface area contributed by atoms with Crippen molar-refractivity contribution in [2.24, 2.45) is 0 Å². The van der Waals surface area contributed by atoms with E-state index in [2.05, 4.69) is 48.5 Å². The highest BCUT2D eigenvalue weighted by Crippen LogP contribution is 2.24. The zero-order chi connectivity index (χ0) is 18.6. The summed E-state index contributed by atoms with van der Waals surface area (Å²) in [6.45, 7) is 0. The third-order valence-corrected chi connectivity index (χ3v) is 4.93. The fraction of sp³-hybridized carbons (Fsp3) is 0.0800. The fourth-order valence-corrected chi connectivity index (χ4v) is 3.48. The van der Waals surface area contributed by atoms with Crippen LogP contribution in [0.3, 0.4) is 0 Å². The minimum absolute atomic E-state index is 0.536. The van der Waals surface area contributed by atoms with Crippen LogP contribution in [-0.2, 0) is 6.42 Å². The summed E-state index contributed by atoms with van der Waals surface area (Å²) in [6, 6.07) is 30.8. The van der Waals surface area contributed by atoms with Crippen molar-refractivity contribution in [3.63, 3.8) is 0 Å². The normalized spacial score (nSPS) is 10.7. The highest BCUT2D eigenvalue weighted by Gasteiger charge is 2.11. The Kier molecular flexibility index (Phi) is 4.71. The first-order valence-corrected chi connectivity index (χ1v) is 9.04. The van der Waals surface area contributed by atoms with Gasteiger partial charge >= 0.3 is 0 Å². The van der Waals surface area contributed by atoms with E-state index in [0.717, 1.165) is 28.9 Å². The van der Waals surface area contributed by atoms with E-state index >= 15 is 0 Å². The second kappa shape index (κ2) is 7.46. The second-order valence-electron chi connectivity index (χ2n) is 6.58. The summed E-state index contributed by atoms with van der Waals surface area (Å²) in [5, 5.41) is 11.2. The molecule has 0 radical (unpaired) electrons. The number of hydrogen-bond donors (Lipinski definition) is 1. The average Bonchev–Trinajstić information content (AvgIpc) is 2.74. The van der Waals surface area contributed by atoms with Crippen LogP contribution in [0, 0.1) is 5.41 Å². The Balaban J connectivity index is 1.71. The van der Waals surface area contributed by atoms with Gasteiger partial charge in [-0.1, -0.05) is 66.7 Å². The van der Waals surface area contributed by atoms with Gasteiger partial charge in [-0.25, -0.2) is 0 Å². The van der Waals surface area contributed by atoms with E-state index in [1.807, 2.05) is 42.5 Å². The second-order valence-corrected chi connectivity index (χ2v) is 6.58. The van der Waals surface area contributed by atoms with Crippen molar-refractivity contribution in [1.82, 2.24) is 0 Å². The maximum Gasteiger partial charge on any atom is 0.118 e. The number of benzene rings is 4. The Bertz CT molecular complexity index is 1090. The molecule has 0 bridgehead atoms. The fourth-order valence-electron chi connectivity index (χ4n) is 3.48. The van der Waals surface area contributed by atoms with Crippen LogP contribution in [0.1, 0.15) is 22.3 Å². The van der Waals surface area contributed by atoms with Gasteiger partial charge < -0.3 is 4.74 Å². The lowest BCUT2D eigenvalue weighted by molar-refractivity contribution is 0.415. The third kappa shape index (κ3) is 3.47. The lowest BCUT2D eigenvalue weighted by atomic mass is 9.92. The van der Waals surface area contributed by atoms with Gasteiger partial charge in [0.15, 0.2) is 0 Å². The number of methoxy groups -OCH3 is 1. The molecule has 0 aromatic heterocycles. The molecule has 0 aliphatic heterocycles. The van der Waals surface area contributed by atoms with Crippen molar-refractivity contribution in [2.75, 3.05) is 7.11 Å².